The topological polar surface area (TPSA) is 148 Å². The molecule has 0 unspecified atom stereocenters. The summed E-state index contributed by atoms with van der Waals surface area (Å²) in [7, 11) is 0. The summed E-state index contributed by atoms with van der Waals surface area (Å²) in [4.78, 5) is 53.1. The number of anilines is 1. The predicted molar refractivity (Wildman–Crippen MR) is 156 cm³/mol. The van der Waals surface area contributed by atoms with Crippen LogP contribution in [0.3, 0.4) is 0 Å². The maximum Gasteiger partial charge on any atom is 0.414 e. The van der Waals surface area contributed by atoms with E-state index >= 15 is 0 Å². The minimum atomic E-state index is -0.793. The number of alkyl carbamates (subject to hydrolysis) is 2. The third-order valence-corrected chi connectivity index (χ3v) is 5.29. The second-order valence-electron chi connectivity index (χ2n) is 11.4. The number of ether oxygens (including phenoxy) is 2. The summed E-state index contributed by atoms with van der Waals surface area (Å²) in [6, 6.07) is 13.6. The van der Waals surface area contributed by atoms with Gasteiger partial charge in [0, 0.05) is 29.6 Å². The zero-order valence-electron chi connectivity index (χ0n) is 24.3. The molecule has 1 heterocycles. The molecule has 3 rings (SSSR count). The highest BCUT2D eigenvalue weighted by Crippen LogP contribution is 2.21. The Morgan fingerprint density at radius 1 is 0.854 bits per heavy atom. The maximum absolute atomic E-state index is 12.5. The number of carbonyl (C=O) groups excluding carboxylic acids is 3. The van der Waals surface area contributed by atoms with Gasteiger partial charge in [-0.25, -0.2) is 19.4 Å². The molecule has 0 fully saturated rings. The standard InChI is InChI=1S/C30H36N4O7/c1-18-16-25(36)39-23-17-21(13-14-22(18)23)31-24(35)15-10-19-8-11-20(12-9-19)32-26(33-27(37)40-29(2,3)4)34-28(38)41-30(5,6)7/h8-9,11-14,16-17H,10,15H2,1-7H3,(H,31,35)(H2,32,33,34,37,38). The third kappa shape index (κ3) is 10.4. The van der Waals surface area contributed by atoms with Crippen LogP contribution in [0.5, 0.6) is 0 Å². The molecule has 11 nitrogen and oxygen atoms in total. The largest absolute Gasteiger partial charge is 0.444 e. The van der Waals surface area contributed by atoms with Crippen LogP contribution in [-0.2, 0) is 20.7 Å². The molecular weight excluding hydrogens is 528 g/mol. The van der Waals surface area contributed by atoms with E-state index in [2.05, 4.69) is 20.9 Å². The number of nitrogens with zero attached hydrogens (tertiary/aromatic N) is 1. The van der Waals surface area contributed by atoms with E-state index < -0.39 is 29.0 Å². The molecule has 0 spiro atoms. The average Bonchev–Trinajstić information content (AvgIpc) is 2.80. The Bertz CT molecular complexity index is 1480. The van der Waals surface area contributed by atoms with Gasteiger partial charge in [-0.05, 0) is 90.3 Å². The normalized spacial score (nSPS) is 11.4. The number of benzene rings is 2. The van der Waals surface area contributed by atoms with Crippen LogP contribution in [0.1, 0.15) is 59.1 Å². The van der Waals surface area contributed by atoms with E-state index in [0.717, 1.165) is 16.5 Å². The predicted octanol–water partition coefficient (Wildman–Crippen LogP) is 5.71. The lowest BCUT2D eigenvalue weighted by atomic mass is 10.1. The van der Waals surface area contributed by atoms with Crippen LogP contribution in [0.4, 0.5) is 21.0 Å². The van der Waals surface area contributed by atoms with Crippen molar-refractivity contribution in [1.82, 2.24) is 10.6 Å². The van der Waals surface area contributed by atoms with Crippen molar-refractivity contribution in [2.45, 2.75) is 72.5 Å². The molecule has 11 heteroatoms. The summed E-state index contributed by atoms with van der Waals surface area (Å²) in [5, 5.41) is 8.49. The molecule has 218 valence electrons. The van der Waals surface area contributed by atoms with E-state index in [1.165, 1.54) is 6.07 Å². The fourth-order valence-electron chi connectivity index (χ4n) is 3.64. The molecule has 0 saturated heterocycles. The maximum atomic E-state index is 12.5. The minimum Gasteiger partial charge on any atom is -0.444 e. The first-order valence-electron chi connectivity index (χ1n) is 13.1. The van der Waals surface area contributed by atoms with Crippen LogP contribution < -0.4 is 21.6 Å². The summed E-state index contributed by atoms with van der Waals surface area (Å²) in [5.74, 6) is -0.367. The van der Waals surface area contributed by atoms with Crippen molar-refractivity contribution >= 4 is 46.4 Å². The fourth-order valence-corrected chi connectivity index (χ4v) is 3.64. The summed E-state index contributed by atoms with van der Waals surface area (Å²) < 4.78 is 15.8. The van der Waals surface area contributed by atoms with E-state index in [-0.39, 0.29) is 18.3 Å². The van der Waals surface area contributed by atoms with Gasteiger partial charge >= 0.3 is 17.8 Å². The molecule has 0 aliphatic rings. The number of hydrogen-bond acceptors (Lipinski definition) is 8. The van der Waals surface area contributed by atoms with Crippen LogP contribution in [0, 0.1) is 6.92 Å². The molecule has 0 saturated carbocycles. The SMILES string of the molecule is Cc1cc(=O)oc2cc(NC(=O)CCc3ccc(N=C(NC(=O)OC(C)(C)C)NC(=O)OC(C)(C)C)cc3)ccc12. The van der Waals surface area contributed by atoms with Gasteiger partial charge in [-0.3, -0.25) is 15.4 Å². The quantitative estimate of drug-likeness (QED) is 0.204. The van der Waals surface area contributed by atoms with Gasteiger partial charge in [0.1, 0.15) is 16.8 Å². The molecule has 0 aliphatic heterocycles. The molecule has 2 aromatic carbocycles. The lowest BCUT2D eigenvalue weighted by Gasteiger charge is -2.22. The Labute approximate surface area is 238 Å². The summed E-state index contributed by atoms with van der Waals surface area (Å²) in [5.41, 5.74) is 1.11. The number of carbonyl (C=O) groups is 3. The molecule has 3 N–H and O–H groups in total. The molecule has 0 atom stereocenters. The second-order valence-corrected chi connectivity index (χ2v) is 11.4. The molecular formula is C30H36N4O7. The Morgan fingerprint density at radius 2 is 1.44 bits per heavy atom. The highest BCUT2D eigenvalue weighted by Gasteiger charge is 2.21. The Balaban J connectivity index is 1.64. The fraction of sp³-hybridized carbons (Fsp3) is 0.367. The number of nitrogens with one attached hydrogen (secondary N) is 3. The van der Waals surface area contributed by atoms with Crippen LogP contribution in [0.25, 0.3) is 11.0 Å². The molecule has 0 radical (unpaired) electrons. The van der Waals surface area contributed by atoms with Crippen molar-refractivity contribution in [3.8, 4) is 0 Å². The van der Waals surface area contributed by atoms with Crippen molar-refractivity contribution in [2.24, 2.45) is 4.99 Å². The van der Waals surface area contributed by atoms with Gasteiger partial charge in [0.2, 0.25) is 11.9 Å². The van der Waals surface area contributed by atoms with Crippen LogP contribution in [0.15, 0.2) is 62.7 Å². The smallest absolute Gasteiger partial charge is 0.414 e. The van der Waals surface area contributed by atoms with Crippen LogP contribution in [-0.4, -0.2) is 35.3 Å². The van der Waals surface area contributed by atoms with Gasteiger partial charge in [0.15, 0.2) is 0 Å². The zero-order chi connectivity index (χ0) is 30.4. The molecule has 0 bridgehead atoms. The monoisotopic (exact) mass is 564 g/mol. The van der Waals surface area contributed by atoms with Crippen molar-refractivity contribution in [1.29, 1.82) is 0 Å². The summed E-state index contributed by atoms with van der Waals surface area (Å²) in [6.07, 6.45) is -0.918. The van der Waals surface area contributed by atoms with Crippen molar-refractivity contribution in [3.05, 3.63) is 70.1 Å². The molecule has 1 aromatic heterocycles. The number of aliphatic imine (C=N–C) groups is 1. The number of guanidine groups is 1. The van der Waals surface area contributed by atoms with Gasteiger partial charge in [-0.2, -0.15) is 0 Å². The minimum absolute atomic E-state index is 0.165. The lowest BCUT2D eigenvalue weighted by Crippen LogP contribution is -2.47. The number of hydrogen-bond donors (Lipinski definition) is 3. The molecule has 0 aliphatic carbocycles. The number of amides is 3. The van der Waals surface area contributed by atoms with Crippen molar-refractivity contribution in [2.75, 3.05) is 5.32 Å². The van der Waals surface area contributed by atoms with Gasteiger partial charge in [-0.1, -0.05) is 12.1 Å². The van der Waals surface area contributed by atoms with Crippen LogP contribution in [0.2, 0.25) is 0 Å². The Kier molecular flexibility index (Phi) is 9.54. The first-order valence-corrected chi connectivity index (χ1v) is 13.1. The Hall–Kier alpha value is -4.67. The number of fused-ring (bicyclic) bond motifs is 1. The van der Waals surface area contributed by atoms with Gasteiger partial charge in [0.25, 0.3) is 0 Å². The summed E-state index contributed by atoms with van der Waals surface area (Å²) >= 11 is 0. The highest BCUT2D eigenvalue weighted by molar-refractivity contribution is 6.02. The van der Waals surface area contributed by atoms with E-state index in [9.17, 15) is 19.2 Å². The van der Waals surface area contributed by atoms with E-state index in [0.29, 0.717) is 23.4 Å². The second kappa shape index (κ2) is 12.7. The van der Waals surface area contributed by atoms with E-state index in [1.54, 1.807) is 84.0 Å². The lowest BCUT2D eigenvalue weighted by molar-refractivity contribution is -0.116. The molecule has 41 heavy (non-hydrogen) atoms. The first-order chi connectivity index (χ1) is 19.1. The van der Waals surface area contributed by atoms with E-state index in [4.69, 9.17) is 13.9 Å². The number of rotatable bonds is 5. The number of aryl methyl sites for hydroxylation is 2. The van der Waals surface area contributed by atoms with Gasteiger partial charge < -0.3 is 19.2 Å². The summed E-state index contributed by atoms with van der Waals surface area (Å²) in [6.45, 7) is 12.1. The molecule has 3 aromatic rings. The highest BCUT2D eigenvalue weighted by atomic mass is 16.6. The van der Waals surface area contributed by atoms with Crippen molar-refractivity contribution < 1.29 is 28.3 Å². The van der Waals surface area contributed by atoms with Crippen LogP contribution >= 0.6 is 0 Å². The zero-order valence-corrected chi connectivity index (χ0v) is 24.3. The van der Waals surface area contributed by atoms with Crippen molar-refractivity contribution in [3.63, 3.8) is 0 Å². The average molecular weight is 565 g/mol. The van der Waals surface area contributed by atoms with Gasteiger partial charge in [0.05, 0.1) is 5.69 Å². The third-order valence-electron chi connectivity index (χ3n) is 5.29. The Morgan fingerprint density at radius 3 is 2.00 bits per heavy atom. The first kappa shape index (κ1) is 30.9. The van der Waals surface area contributed by atoms with E-state index in [1.807, 2.05) is 6.92 Å². The molecule has 3 amide bonds. The van der Waals surface area contributed by atoms with Gasteiger partial charge in [-0.15, -0.1) is 0 Å².